The average molecular weight is 205 g/mol. The minimum atomic E-state index is -0.184. The van der Waals surface area contributed by atoms with Gasteiger partial charge in [0, 0.05) is 14.1 Å². The lowest BCUT2D eigenvalue weighted by atomic mass is 10.2. The number of nitrogens with zero attached hydrogens (tertiary/aromatic N) is 2. The zero-order chi connectivity index (χ0) is 10.8. The first-order valence-electron chi connectivity index (χ1n) is 4.52. The molecule has 5 heteroatoms. The topological polar surface area (TPSA) is 60.1 Å². The molecule has 2 aromatic heterocycles. The number of anilines is 1. The molecular formula is C10H11N3O2. The lowest BCUT2D eigenvalue weighted by molar-refractivity contribution is 0.579. The summed E-state index contributed by atoms with van der Waals surface area (Å²) in [7, 11) is 3.34. The zero-order valence-corrected chi connectivity index (χ0v) is 8.52. The van der Waals surface area contributed by atoms with Crippen LogP contribution in [0.25, 0.3) is 11.3 Å². The molecule has 2 aromatic rings. The first-order valence-corrected chi connectivity index (χ1v) is 4.52. The van der Waals surface area contributed by atoms with Crippen LogP contribution in [0.1, 0.15) is 0 Å². The van der Waals surface area contributed by atoms with E-state index in [1.54, 1.807) is 32.4 Å². The third kappa shape index (κ3) is 1.52. The summed E-state index contributed by atoms with van der Waals surface area (Å²) in [6.07, 6.45) is 3.13. The first kappa shape index (κ1) is 9.51. The maximum atomic E-state index is 11.8. The molecule has 0 aliphatic carbocycles. The third-order valence-electron chi connectivity index (χ3n) is 2.17. The Bertz CT molecular complexity index is 514. The summed E-state index contributed by atoms with van der Waals surface area (Å²) in [5, 5.41) is 6.84. The number of aryl methyl sites for hydroxylation is 1. The van der Waals surface area contributed by atoms with Gasteiger partial charge in [-0.1, -0.05) is 0 Å². The van der Waals surface area contributed by atoms with E-state index in [1.807, 2.05) is 0 Å². The number of rotatable bonds is 2. The summed E-state index contributed by atoms with van der Waals surface area (Å²) in [5.74, 6) is 0.544. The summed E-state index contributed by atoms with van der Waals surface area (Å²) < 4.78 is 6.49. The Balaban J connectivity index is 2.73. The standard InChI is InChI=1S/C10H11N3O2/c1-11-7-6-12-13(2)10(14)9(7)8-4-3-5-15-8/h3-6,11H,1-2H3. The van der Waals surface area contributed by atoms with E-state index < -0.39 is 0 Å². The van der Waals surface area contributed by atoms with E-state index in [2.05, 4.69) is 10.4 Å². The fourth-order valence-electron chi connectivity index (χ4n) is 1.39. The van der Waals surface area contributed by atoms with E-state index >= 15 is 0 Å². The van der Waals surface area contributed by atoms with Crippen LogP contribution < -0.4 is 10.9 Å². The summed E-state index contributed by atoms with van der Waals surface area (Å²) in [4.78, 5) is 11.8. The van der Waals surface area contributed by atoms with E-state index in [0.29, 0.717) is 17.0 Å². The number of hydrogen-bond donors (Lipinski definition) is 1. The van der Waals surface area contributed by atoms with Gasteiger partial charge in [-0.3, -0.25) is 4.79 Å². The van der Waals surface area contributed by atoms with Crippen molar-refractivity contribution >= 4 is 5.69 Å². The number of hydrogen-bond acceptors (Lipinski definition) is 4. The maximum Gasteiger partial charge on any atom is 0.279 e. The Morgan fingerprint density at radius 1 is 1.53 bits per heavy atom. The highest BCUT2D eigenvalue weighted by molar-refractivity contribution is 5.72. The Morgan fingerprint density at radius 3 is 2.93 bits per heavy atom. The predicted octanol–water partition coefficient (Wildman–Crippen LogP) is 1.08. The predicted molar refractivity (Wildman–Crippen MR) is 56.7 cm³/mol. The molecule has 0 saturated carbocycles. The zero-order valence-electron chi connectivity index (χ0n) is 8.52. The minimum Gasteiger partial charge on any atom is -0.464 e. The lowest BCUT2D eigenvalue weighted by Gasteiger charge is -2.06. The van der Waals surface area contributed by atoms with E-state index in [9.17, 15) is 4.79 Å². The summed E-state index contributed by atoms with van der Waals surface area (Å²) in [6, 6.07) is 3.49. The molecule has 0 spiro atoms. The highest BCUT2D eigenvalue weighted by Crippen LogP contribution is 2.22. The van der Waals surface area contributed by atoms with Gasteiger partial charge in [-0.25, -0.2) is 4.68 Å². The van der Waals surface area contributed by atoms with Crippen molar-refractivity contribution < 1.29 is 4.42 Å². The van der Waals surface area contributed by atoms with Gasteiger partial charge in [0.1, 0.15) is 11.3 Å². The van der Waals surface area contributed by atoms with E-state index in [0.717, 1.165) is 0 Å². The van der Waals surface area contributed by atoms with Crippen molar-refractivity contribution in [3.63, 3.8) is 0 Å². The number of furan rings is 1. The van der Waals surface area contributed by atoms with Crippen LogP contribution in [-0.4, -0.2) is 16.8 Å². The molecule has 0 bridgehead atoms. The van der Waals surface area contributed by atoms with Crippen molar-refractivity contribution in [3.05, 3.63) is 34.9 Å². The molecule has 5 nitrogen and oxygen atoms in total. The molecule has 1 N–H and O–H groups in total. The van der Waals surface area contributed by atoms with Gasteiger partial charge in [0.15, 0.2) is 0 Å². The number of aromatic nitrogens is 2. The van der Waals surface area contributed by atoms with Gasteiger partial charge in [-0.15, -0.1) is 0 Å². The van der Waals surface area contributed by atoms with Crippen LogP contribution >= 0.6 is 0 Å². The largest absolute Gasteiger partial charge is 0.464 e. The van der Waals surface area contributed by atoms with Gasteiger partial charge in [0.2, 0.25) is 0 Å². The molecule has 0 aliphatic heterocycles. The van der Waals surface area contributed by atoms with Gasteiger partial charge in [-0.2, -0.15) is 5.10 Å². The van der Waals surface area contributed by atoms with Gasteiger partial charge in [-0.05, 0) is 12.1 Å². The van der Waals surface area contributed by atoms with Crippen molar-refractivity contribution in [1.29, 1.82) is 0 Å². The average Bonchev–Trinajstić information content (AvgIpc) is 2.75. The monoisotopic (exact) mass is 205 g/mol. The molecule has 2 heterocycles. The second-order valence-electron chi connectivity index (χ2n) is 3.09. The summed E-state index contributed by atoms with van der Waals surface area (Å²) in [6.45, 7) is 0. The van der Waals surface area contributed by atoms with Crippen LogP contribution in [0.3, 0.4) is 0 Å². The summed E-state index contributed by atoms with van der Waals surface area (Å²) in [5.41, 5.74) is 0.977. The summed E-state index contributed by atoms with van der Waals surface area (Å²) >= 11 is 0. The van der Waals surface area contributed by atoms with E-state index in [1.165, 1.54) is 10.9 Å². The molecule has 15 heavy (non-hydrogen) atoms. The van der Waals surface area contributed by atoms with Crippen molar-refractivity contribution in [1.82, 2.24) is 9.78 Å². The van der Waals surface area contributed by atoms with Gasteiger partial charge in [0.25, 0.3) is 5.56 Å². The Labute approximate surface area is 86.3 Å². The molecule has 0 amide bonds. The van der Waals surface area contributed by atoms with Crippen LogP contribution in [-0.2, 0) is 7.05 Å². The SMILES string of the molecule is CNc1cnn(C)c(=O)c1-c1ccco1. The van der Waals surface area contributed by atoms with E-state index in [-0.39, 0.29) is 5.56 Å². The smallest absolute Gasteiger partial charge is 0.279 e. The normalized spacial score (nSPS) is 10.3. The van der Waals surface area contributed by atoms with Crippen LogP contribution in [0.15, 0.2) is 33.8 Å². The maximum absolute atomic E-state index is 11.8. The fraction of sp³-hybridized carbons (Fsp3) is 0.200. The van der Waals surface area contributed by atoms with Gasteiger partial charge in [0.05, 0.1) is 18.1 Å². The van der Waals surface area contributed by atoms with Crippen LogP contribution in [0.4, 0.5) is 5.69 Å². The second kappa shape index (κ2) is 3.61. The van der Waals surface area contributed by atoms with Crippen molar-refractivity contribution in [2.24, 2.45) is 7.05 Å². The van der Waals surface area contributed by atoms with Crippen LogP contribution in [0.5, 0.6) is 0 Å². The molecule has 0 radical (unpaired) electrons. The molecule has 78 valence electrons. The molecular weight excluding hydrogens is 194 g/mol. The lowest BCUT2D eigenvalue weighted by Crippen LogP contribution is -2.22. The van der Waals surface area contributed by atoms with E-state index in [4.69, 9.17) is 4.42 Å². The van der Waals surface area contributed by atoms with Crippen molar-refractivity contribution in [3.8, 4) is 11.3 Å². The molecule has 0 fully saturated rings. The molecule has 0 aromatic carbocycles. The van der Waals surface area contributed by atoms with Gasteiger partial charge >= 0.3 is 0 Å². The molecule has 0 saturated heterocycles. The molecule has 2 rings (SSSR count). The Kier molecular flexibility index (Phi) is 2.29. The van der Waals surface area contributed by atoms with Crippen molar-refractivity contribution in [2.45, 2.75) is 0 Å². The van der Waals surface area contributed by atoms with Crippen LogP contribution in [0.2, 0.25) is 0 Å². The Morgan fingerprint density at radius 2 is 2.33 bits per heavy atom. The third-order valence-corrected chi connectivity index (χ3v) is 2.17. The molecule has 0 atom stereocenters. The Hall–Kier alpha value is -2.04. The quantitative estimate of drug-likeness (QED) is 0.797. The highest BCUT2D eigenvalue weighted by atomic mass is 16.3. The molecule has 0 unspecified atom stereocenters. The van der Waals surface area contributed by atoms with Gasteiger partial charge < -0.3 is 9.73 Å². The highest BCUT2D eigenvalue weighted by Gasteiger charge is 2.13. The number of nitrogens with one attached hydrogen (secondary N) is 1. The molecule has 0 aliphatic rings. The second-order valence-corrected chi connectivity index (χ2v) is 3.09. The first-order chi connectivity index (χ1) is 7.24. The van der Waals surface area contributed by atoms with Crippen LogP contribution in [0, 0.1) is 0 Å². The van der Waals surface area contributed by atoms with Crippen molar-refractivity contribution in [2.75, 3.05) is 12.4 Å². The minimum absolute atomic E-state index is 0.184. The fourth-order valence-corrected chi connectivity index (χ4v) is 1.39.